The molecule has 1 unspecified atom stereocenters. The number of nitrogens with one attached hydrogen (secondary N) is 1. The van der Waals surface area contributed by atoms with Crippen molar-refractivity contribution in [3.63, 3.8) is 0 Å². The fraction of sp³-hybridized carbons (Fsp3) is 0.833. The molecule has 6 nitrogen and oxygen atoms in total. The van der Waals surface area contributed by atoms with Crippen LogP contribution in [0.2, 0.25) is 0 Å². The number of amides is 1. The second-order valence-electron chi connectivity index (χ2n) is 4.81. The first kappa shape index (κ1) is 13.1. The van der Waals surface area contributed by atoms with Crippen LogP contribution >= 0.6 is 0 Å². The second kappa shape index (κ2) is 6.58. The Kier molecular flexibility index (Phi) is 4.81. The third kappa shape index (κ3) is 3.87. The predicted molar refractivity (Wildman–Crippen MR) is 69.3 cm³/mol. The Hall–Kier alpha value is -1.30. The number of ether oxygens (including phenoxy) is 1. The minimum atomic E-state index is 0.0642. The number of aliphatic imine (C=N–C) groups is 1. The van der Waals surface area contributed by atoms with Gasteiger partial charge in [0.1, 0.15) is 6.54 Å². The number of hydrogen-bond acceptors (Lipinski definition) is 3. The van der Waals surface area contributed by atoms with E-state index < -0.39 is 0 Å². The lowest BCUT2D eigenvalue weighted by Gasteiger charge is -2.14. The molecule has 0 bridgehead atoms. The van der Waals surface area contributed by atoms with Crippen molar-refractivity contribution in [3.05, 3.63) is 0 Å². The van der Waals surface area contributed by atoms with E-state index in [0.29, 0.717) is 12.5 Å². The summed E-state index contributed by atoms with van der Waals surface area (Å²) in [7, 11) is 0. The molecule has 0 spiro atoms. The van der Waals surface area contributed by atoms with Crippen molar-refractivity contribution in [2.45, 2.75) is 31.8 Å². The van der Waals surface area contributed by atoms with Gasteiger partial charge in [-0.05, 0) is 25.7 Å². The highest BCUT2D eigenvalue weighted by Crippen LogP contribution is 2.10. The van der Waals surface area contributed by atoms with E-state index in [4.69, 9.17) is 10.5 Å². The van der Waals surface area contributed by atoms with Crippen molar-refractivity contribution in [2.24, 2.45) is 10.7 Å². The number of likely N-dealkylation sites (tertiary alicyclic amines) is 1. The summed E-state index contributed by atoms with van der Waals surface area (Å²) in [6.45, 7) is 3.36. The first-order valence-electron chi connectivity index (χ1n) is 6.69. The zero-order valence-electron chi connectivity index (χ0n) is 10.7. The number of nitrogens with zero attached hydrogens (tertiary/aromatic N) is 2. The largest absolute Gasteiger partial charge is 0.376 e. The summed E-state index contributed by atoms with van der Waals surface area (Å²) in [5.41, 5.74) is 5.71. The van der Waals surface area contributed by atoms with E-state index in [2.05, 4.69) is 10.3 Å². The average molecular weight is 254 g/mol. The van der Waals surface area contributed by atoms with Gasteiger partial charge < -0.3 is 20.7 Å². The van der Waals surface area contributed by atoms with E-state index in [1.807, 2.05) is 4.90 Å². The van der Waals surface area contributed by atoms with E-state index >= 15 is 0 Å². The molecule has 0 aromatic heterocycles. The van der Waals surface area contributed by atoms with Gasteiger partial charge in [-0.1, -0.05) is 0 Å². The summed E-state index contributed by atoms with van der Waals surface area (Å²) in [6.07, 6.45) is 4.60. The third-order valence-electron chi connectivity index (χ3n) is 3.38. The second-order valence-corrected chi connectivity index (χ2v) is 4.81. The van der Waals surface area contributed by atoms with E-state index in [-0.39, 0.29) is 18.6 Å². The fourth-order valence-electron chi connectivity index (χ4n) is 2.30. The van der Waals surface area contributed by atoms with Crippen molar-refractivity contribution in [3.8, 4) is 0 Å². The summed E-state index contributed by atoms with van der Waals surface area (Å²) in [5, 5.41) is 3.00. The van der Waals surface area contributed by atoms with Crippen molar-refractivity contribution < 1.29 is 9.53 Å². The fourth-order valence-corrected chi connectivity index (χ4v) is 2.30. The lowest BCUT2D eigenvalue weighted by Crippen LogP contribution is -2.38. The molecule has 2 fully saturated rings. The van der Waals surface area contributed by atoms with Gasteiger partial charge in [-0.2, -0.15) is 0 Å². The Labute approximate surface area is 108 Å². The summed E-state index contributed by atoms with van der Waals surface area (Å²) in [4.78, 5) is 17.6. The molecule has 0 radical (unpaired) electrons. The van der Waals surface area contributed by atoms with E-state index in [1.165, 1.54) is 0 Å². The highest BCUT2D eigenvalue weighted by molar-refractivity contribution is 5.84. The van der Waals surface area contributed by atoms with Gasteiger partial charge in [0.25, 0.3) is 0 Å². The number of guanidine groups is 1. The lowest BCUT2D eigenvalue weighted by atomic mass is 10.2. The van der Waals surface area contributed by atoms with Crippen LogP contribution in [-0.2, 0) is 9.53 Å². The molecule has 2 heterocycles. The molecule has 6 heteroatoms. The monoisotopic (exact) mass is 254 g/mol. The topological polar surface area (TPSA) is 80.0 Å². The van der Waals surface area contributed by atoms with Crippen LogP contribution in [0.3, 0.4) is 0 Å². The normalized spacial score (nSPS) is 24.6. The minimum Gasteiger partial charge on any atom is -0.376 e. The van der Waals surface area contributed by atoms with Gasteiger partial charge in [-0.3, -0.25) is 4.79 Å². The van der Waals surface area contributed by atoms with Gasteiger partial charge in [0.05, 0.1) is 6.10 Å². The van der Waals surface area contributed by atoms with Gasteiger partial charge in [-0.15, -0.1) is 0 Å². The quantitative estimate of drug-likeness (QED) is 0.533. The summed E-state index contributed by atoms with van der Waals surface area (Å²) in [6, 6.07) is 0. The molecular formula is C12H22N4O2. The molecule has 0 aromatic carbocycles. The maximum absolute atomic E-state index is 11.7. The molecule has 2 aliphatic rings. The van der Waals surface area contributed by atoms with Crippen molar-refractivity contribution in [1.82, 2.24) is 10.2 Å². The van der Waals surface area contributed by atoms with Gasteiger partial charge >= 0.3 is 0 Å². The van der Waals surface area contributed by atoms with Crippen molar-refractivity contribution in [2.75, 3.05) is 32.8 Å². The first-order chi connectivity index (χ1) is 8.75. The SMILES string of the molecule is NC(=NCC(=O)N1CCCC1)NCC1CCCO1. The Morgan fingerprint density at radius 3 is 2.83 bits per heavy atom. The maximum Gasteiger partial charge on any atom is 0.244 e. The minimum absolute atomic E-state index is 0.0642. The standard InChI is InChI=1S/C12H22N4O2/c13-12(14-8-10-4-3-7-18-10)15-9-11(17)16-5-1-2-6-16/h10H,1-9H2,(H3,13,14,15). The zero-order chi connectivity index (χ0) is 12.8. The molecule has 3 N–H and O–H groups in total. The van der Waals surface area contributed by atoms with Crippen LogP contribution in [0.15, 0.2) is 4.99 Å². The number of carbonyl (C=O) groups is 1. The van der Waals surface area contributed by atoms with E-state index in [9.17, 15) is 4.79 Å². The Bertz CT molecular complexity index is 307. The number of hydrogen-bond donors (Lipinski definition) is 2. The Morgan fingerprint density at radius 2 is 2.17 bits per heavy atom. The summed E-state index contributed by atoms with van der Waals surface area (Å²) < 4.78 is 5.46. The summed E-state index contributed by atoms with van der Waals surface area (Å²) in [5.74, 6) is 0.396. The van der Waals surface area contributed by atoms with Crippen molar-refractivity contribution in [1.29, 1.82) is 0 Å². The third-order valence-corrected chi connectivity index (χ3v) is 3.38. The Balaban J connectivity index is 1.65. The van der Waals surface area contributed by atoms with Crippen molar-refractivity contribution >= 4 is 11.9 Å². The van der Waals surface area contributed by atoms with Crippen LogP contribution in [-0.4, -0.2) is 55.7 Å². The molecule has 1 atom stereocenters. The average Bonchev–Trinajstić information content (AvgIpc) is 3.05. The molecule has 0 aliphatic carbocycles. The van der Waals surface area contributed by atoms with Crippen LogP contribution in [0.5, 0.6) is 0 Å². The summed E-state index contributed by atoms with van der Waals surface area (Å²) >= 11 is 0. The van der Waals surface area contributed by atoms with Gasteiger partial charge in [0.2, 0.25) is 5.91 Å². The van der Waals surface area contributed by atoms with Crippen LogP contribution in [0.25, 0.3) is 0 Å². The molecule has 2 saturated heterocycles. The van der Waals surface area contributed by atoms with Crippen LogP contribution in [0.1, 0.15) is 25.7 Å². The number of nitrogens with two attached hydrogens (primary N) is 1. The molecule has 0 aromatic rings. The molecule has 18 heavy (non-hydrogen) atoms. The first-order valence-corrected chi connectivity index (χ1v) is 6.69. The van der Waals surface area contributed by atoms with Crippen LogP contribution < -0.4 is 11.1 Å². The molecule has 2 rings (SSSR count). The van der Waals surface area contributed by atoms with Gasteiger partial charge in [-0.25, -0.2) is 4.99 Å². The maximum atomic E-state index is 11.7. The molecule has 1 amide bonds. The van der Waals surface area contributed by atoms with Crippen LogP contribution in [0, 0.1) is 0 Å². The molecule has 0 saturated carbocycles. The smallest absolute Gasteiger partial charge is 0.244 e. The Morgan fingerprint density at radius 1 is 1.39 bits per heavy atom. The molecule has 102 valence electrons. The predicted octanol–water partition coefficient (Wildman–Crippen LogP) is -0.308. The zero-order valence-corrected chi connectivity index (χ0v) is 10.7. The molecular weight excluding hydrogens is 232 g/mol. The highest BCUT2D eigenvalue weighted by Gasteiger charge is 2.17. The van der Waals surface area contributed by atoms with E-state index in [1.54, 1.807) is 0 Å². The number of rotatable bonds is 4. The van der Waals surface area contributed by atoms with Gasteiger partial charge in [0, 0.05) is 26.2 Å². The number of carbonyl (C=O) groups excluding carboxylic acids is 1. The highest BCUT2D eigenvalue weighted by atomic mass is 16.5. The lowest BCUT2D eigenvalue weighted by molar-refractivity contribution is -0.128. The van der Waals surface area contributed by atoms with E-state index in [0.717, 1.165) is 45.4 Å². The van der Waals surface area contributed by atoms with Crippen LogP contribution in [0.4, 0.5) is 0 Å². The molecule has 2 aliphatic heterocycles. The van der Waals surface area contributed by atoms with Gasteiger partial charge in [0.15, 0.2) is 5.96 Å².